The van der Waals surface area contributed by atoms with Gasteiger partial charge in [0.2, 0.25) is 17.7 Å². The zero-order valence-corrected chi connectivity index (χ0v) is 31.9. The third-order valence-electron chi connectivity index (χ3n) is 9.46. The van der Waals surface area contributed by atoms with Crippen molar-refractivity contribution in [2.75, 3.05) is 34.9 Å². The van der Waals surface area contributed by atoms with Gasteiger partial charge in [-0.1, -0.05) is 48.0 Å². The van der Waals surface area contributed by atoms with Crippen LogP contribution in [0.4, 0.5) is 4.79 Å². The molecular weight excluding hydrogens is 620 g/mol. The Kier molecular flexibility index (Phi) is 16.8. The second-order valence-corrected chi connectivity index (χ2v) is 14.9. The molecule has 0 aliphatic carbocycles. The molecule has 1 fully saturated rings. The third-order valence-corrected chi connectivity index (χ3v) is 9.46. The number of likely N-dealkylation sites (tertiary alicyclic amines) is 1. The lowest BCUT2D eigenvalue weighted by Gasteiger charge is -2.41. The Hall–Kier alpha value is -2.93. The average Bonchev–Trinajstić information content (AvgIpc) is 3.47. The Morgan fingerprint density at radius 3 is 1.96 bits per heavy atom. The van der Waals surface area contributed by atoms with E-state index in [1.54, 1.807) is 44.5 Å². The summed E-state index contributed by atoms with van der Waals surface area (Å²) in [5.41, 5.74) is -0.745. The number of amides is 4. The highest BCUT2D eigenvalue weighted by Gasteiger charge is 2.43. The summed E-state index contributed by atoms with van der Waals surface area (Å²) in [5.74, 6) is -3.44. The first-order valence-electron chi connectivity index (χ1n) is 17.3. The molecule has 1 rings (SSSR count). The quantitative estimate of drug-likeness (QED) is 0.231. The third kappa shape index (κ3) is 11.3. The van der Waals surface area contributed by atoms with Crippen molar-refractivity contribution in [1.29, 1.82) is 0 Å². The van der Waals surface area contributed by atoms with E-state index >= 15 is 0 Å². The van der Waals surface area contributed by atoms with Gasteiger partial charge in [-0.25, -0.2) is 4.79 Å². The number of ether oxygens (including phenoxy) is 3. The highest BCUT2D eigenvalue weighted by atomic mass is 16.6. The number of aliphatic carboxylic acids is 1. The van der Waals surface area contributed by atoms with E-state index in [0.717, 1.165) is 6.42 Å². The van der Waals surface area contributed by atoms with Crippen LogP contribution in [-0.4, -0.2) is 126 Å². The number of nitrogens with one attached hydrogen (secondary N) is 1. The van der Waals surface area contributed by atoms with Crippen LogP contribution in [-0.2, 0) is 33.4 Å². The number of nitrogens with zero attached hydrogens (tertiary/aromatic N) is 3. The molecule has 2 N–H and O–H groups in total. The van der Waals surface area contributed by atoms with Gasteiger partial charge < -0.3 is 34.4 Å². The number of carboxylic acids is 1. The predicted octanol–water partition coefficient (Wildman–Crippen LogP) is 4.02. The van der Waals surface area contributed by atoms with Gasteiger partial charge in [-0.05, 0) is 58.3 Å². The number of hydrogen-bond acceptors (Lipinski definition) is 8. The van der Waals surface area contributed by atoms with Crippen LogP contribution in [0, 0.1) is 23.7 Å². The van der Waals surface area contributed by atoms with E-state index < -0.39 is 59.8 Å². The van der Waals surface area contributed by atoms with E-state index in [2.05, 4.69) is 5.32 Å². The Balaban J connectivity index is 3.32. The van der Waals surface area contributed by atoms with Crippen molar-refractivity contribution in [3.05, 3.63) is 0 Å². The first-order chi connectivity index (χ1) is 22.1. The number of hydrogen-bond donors (Lipinski definition) is 2. The van der Waals surface area contributed by atoms with Crippen LogP contribution in [0.25, 0.3) is 0 Å². The fraction of sp³-hybridized carbons (Fsp3) is 0.857. The van der Waals surface area contributed by atoms with Crippen molar-refractivity contribution < 1.29 is 43.3 Å². The normalized spacial score (nSPS) is 19.6. The van der Waals surface area contributed by atoms with E-state index in [0.29, 0.717) is 19.4 Å². The number of carboxylic acid groups (broad SMARTS) is 1. The van der Waals surface area contributed by atoms with Gasteiger partial charge in [0, 0.05) is 34.9 Å². The maximum absolute atomic E-state index is 14.2. The molecule has 48 heavy (non-hydrogen) atoms. The Morgan fingerprint density at radius 2 is 1.52 bits per heavy atom. The molecule has 1 aliphatic rings. The largest absolute Gasteiger partial charge is 0.481 e. The summed E-state index contributed by atoms with van der Waals surface area (Å²) in [7, 11) is 6.15. The average molecular weight is 685 g/mol. The molecule has 13 heteroatoms. The zero-order chi connectivity index (χ0) is 37.3. The summed E-state index contributed by atoms with van der Waals surface area (Å²) in [6.45, 7) is 18.6. The molecule has 0 aromatic carbocycles. The van der Waals surface area contributed by atoms with Gasteiger partial charge in [0.1, 0.15) is 17.7 Å². The first-order valence-corrected chi connectivity index (χ1v) is 17.3. The van der Waals surface area contributed by atoms with Crippen LogP contribution in [0.15, 0.2) is 0 Å². The van der Waals surface area contributed by atoms with Crippen molar-refractivity contribution in [2.24, 2.45) is 23.7 Å². The van der Waals surface area contributed by atoms with Gasteiger partial charge in [0.05, 0.1) is 36.6 Å². The predicted molar refractivity (Wildman–Crippen MR) is 183 cm³/mol. The van der Waals surface area contributed by atoms with Gasteiger partial charge in [0.25, 0.3) is 0 Å². The van der Waals surface area contributed by atoms with E-state index in [1.807, 2.05) is 41.5 Å². The number of carbonyl (C=O) groups is 5. The molecule has 278 valence electrons. The van der Waals surface area contributed by atoms with Crippen molar-refractivity contribution in [3.63, 3.8) is 0 Å². The van der Waals surface area contributed by atoms with E-state index in [9.17, 15) is 29.1 Å². The molecular formula is C35H64N4O9. The fourth-order valence-electron chi connectivity index (χ4n) is 6.64. The monoisotopic (exact) mass is 684 g/mol. The van der Waals surface area contributed by atoms with Gasteiger partial charge >= 0.3 is 12.1 Å². The smallest absolute Gasteiger partial charge is 0.410 e. The van der Waals surface area contributed by atoms with Crippen LogP contribution >= 0.6 is 0 Å². The second kappa shape index (κ2) is 18.7. The van der Waals surface area contributed by atoms with Crippen LogP contribution < -0.4 is 5.32 Å². The molecule has 4 amide bonds. The minimum Gasteiger partial charge on any atom is -0.481 e. The standard InChI is InChI=1S/C35H64N4O9/c1-15-22(6)29(25(46-13)19-26(40)39-18-16-17-24(39)30(47-14)23(7)33(43)44)37(11)32(42)27(20(2)3)36-31(41)28(21(4)5)38(12)34(45)48-35(8,9)10/h20-25,27-30H,15-19H2,1-14H3,(H,36,41)(H,43,44)/t22-,23+,24-,25+,27-,28-,29?,30+/m0/s1. The lowest BCUT2D eigenvalue weighted by molar-refractivity contribution is -0.152. The maximum Gasteiger partial charge on any atom is 0.410 e. The first kappa shape index (κ1) is 43.1. The molecule has 0 bridgehead atoms. The summed E-state index contributed by atoms with van der Waals surface area (Å²) in [6.07, 6.45) is 0.0489. The molecule has 0 spiro atoms. The fourth-order valence-corrected chi connectivity index (χ4v) is 6.64. The molecule has 8 atom stereocenters. The van der Waals surface area contributed by atoms with E-state index in [1.165, 1.54) is 26.2 Å². The lowest BCUT2D eigenvalue weighted by atomic mass is 9.89. The molecule has 0 radical (unpaired) electrons. The molecule has 1 heterocycles. The summed E-state index contributed by atoms with van der Waals surface area (Å²) in [5, 5.41) is 12.5. The van der Waals surface area contributed by atoms with Crippen molar-refractivity contribution in [1.82, 2.24) is 20.0 Å². The number of likely N-dealkylation sites (N-methyl/N-ethyl adjacent to an activating group) is 2. The summed E-state index contributed by atoms with van der Waals surface area (Å²) in [4.78, 5) is 70.9. The van der Waals surface area contributed by atoms with Gasteiger partial charge in [0.15, 0.2) is 0 Å². The Morgan fingerprint density at radius 1 is 0.938 bits per heavy atom. The van der Waals surface area contributed by atoms with Crippen molar-refractivity contribution in [2.45, 2.75) is 137 Å². The highest BCUT2D eigenvalue weighted by molar-refractivity contribution is 5.91. The topological polar surface area (TPSA) is 155 Å². The summed E-state index contributed by atoms with van der Waals surface area (Å²) < 4.78 is 17.0. The molecule has 0 aromatic rings. The number of methoxy groups -OCH3 is 2. The van der Waals surface area contributed by atoms with E-state index in [4.69, 9.17) is 14.2 Å². The van der Waals surface area contributed by atoms with Crippen LogP contribution in [0.1, 0.15) is 94.9 Å². The number of carbonyl (C=O) groups excluding carboxylic acids is 4. The minimum atomic E-state index is -0.990. The maximum atomic E-state index is 14.2. The Bertz CT molecular complexity index is 1090. The SMILES string of the molecule is CC[C@H](C)C([C@@H](CC(=O)N1CCC[C@H]1[C@H](OC)[C@@H](C)C(=O)O)OC)N(C)C(=O)[C@@H](NC(=O)[C@H](C(C)C)N(C)C(=O)OC(C)(C)C)C(C)C. The minimum absolute atomic E-state index is 0.0215. The molecule has 1 unspecified atom stereocenters. The van der Waals surface area contributed by atoms with Gasteiger partial charge in [-0.2, -0.15) is 0 Å². The molecule has 13 nitrogen and oxygen atoms in total. The van der Waals surface area contributed by atoms with E-state index in [-0.39, 0.29) is 42.0 Å². The highest BCUT2D eigenvalue weighted by Crippen LogP contribution is 2.29. The van der Waals surface area contributed by atoms with Gasteiger partial charge in [-0.15, -0.1) is 0 Å². The number of rotatable bonds is 17. The zero-order valence-electron chi connectivity index (χ0n) is 31.9. The van der Waals surface area contributed by atoms with Crippen LogP contribution in [0.5, 0.6) is 0 Å². The molecule has 0 aromatic heterocycles. The van der Waals surface area contributed by atoms with Crippen molar-refractivity contribution >= 4 is 29.8 Å². The van der Waals surface area contributed by atoms with Crippen molar-refractivity contribution in [3.8, 4) is 0 Å². The Labute approximate surface area is 288 Å². The molecule has 1 aliphatic heterocycles. The van der Waals surface area contributed by atoms with Crippen LogP contribution in [0.3, 0.4) is 0 Å². The van der Waals surface area contributed by atoms with Gasteiger partial charge in [-0.3, -0.25) is 24.1 Å². The molecule has 0 saturated carbocycles. The second-order valence-electron chi connectivity index (χ2n) is 14.9. The summed E-state index contributed by atoms with van der Waals surface area (Å²) >= 11 is 0. The lowest BCUT2D eigenvalue weighted by Crippen LogP contribution is -2.60. The van der Waals surface area contributed by atoms with Crippen LogP contribution in [0.2, 0.25) is 0 Å². The summed E-state index contributed by atoms with van der Waals surface area (Å²) in [6, 6.07) is -2.71. The molecule has 1 saturated heterocycles.